The smallest absolute Gasteiger partial charge is 0.325 e. The summed E-state index contributed by atoms with van der Waals surface area (Å²) in [5.41, 5.74) is 1.22. The summed E-state index contributed by atoms with van der Waals surface area (Å²) < 4.78 is 10.7. The van der Waals surface area contributed by atoms with Crippen LogP contribution in [-0.4, -0.2) is 49.0 Å². The van der Waals surface area contributed by atoms with Crippen molar-refractivity contribution in [2.24, 2.45) is 11.3 Å². The van der Waals surface area contributed by atoms with Crippen LogP contribution in [0.15, 0.2) is 42.5 Å². The van der Waals surface area contributed by atoms with E-state index in [4.69, 9.17) is 9.47 Å². The van der Waals surface area contributed by atoms with Crippen molar-refractivity contribution < 1.29 is 23.9 Å². The molecule has 1 heterocycles. The summed E-state index contributed by atoms with van der Waals surface area (Å²) in [4.78, 5) is 40.0. The van der Waals surface area contributed by atoms with Crippen molar-refractivity contribution in [2.75, 3.05) is 26.1 Å². The summed E-state index contributed by atoms with van der Waals surface area (Å²) in [6.07, 6.45) is 2.14. The van der Waals surface area contributed by atoms with E-state index >= 15 is 0 Å². The standard InChI is InChI=1S/C27H33N3O5/c1-17-13-26(2,3)16-27(14-17)24(32)30(25(33)29-27)15-23(31)28-19-8-11-22(35-5)21(12-19)18-6-9-20(34-4)10-7-18/h6-12,17H,13-16H2,1-5H3,(H,28,31)(H,29,33)/t17-,27-/m1/s1. The van der Waals surface area contributed by atoms with Gasteiger partial charge in [0.05, 0.1) is 14.2 Å². The van der Waals surface area contributed by atoms with E-state index in [0.29, 0.717) is 30.2 Å². The van der Waals surface area contributed by atoms with Gasteiger partial charge >= 0.3 is 6.03 Å². The predicted octanol–water partition coefficient (Wildman–Crippen LogP) is 4.45. The second-order valence-electron chi connectivity index (χ2n) is 10.4. The zero-order valence-electron chi connectivity index (χ0n) is 20.9. The molecule has 2 aromatic rings. The lowest BCUT2D eigenvalue weighted by Gasteiger charge is -2.43. The average Bonchev–Trinajstić information content (AvgIpc) is 3.00. The van der Waals surface area contributed by atoms with Crippen molar-refractivity contribution in [3.05, 3.63) is 42.5 Å². The number of carbonyl (C=O) groups is 3. The van der Waals surface area contributed by atoms with Gasteiger partial charge in [-0.15, -0.1) is 0 Å². The zero-order valence-corrected chi connectivity index (χ0v) is 20.9. The number of carbonyl (C=O) groups excluding carboxylic acids is 3. The molecule has 0 radical (unpaired) electrons. The van der Waals surface area contributed by atoms with E-state index in [1.165, 1.54) is 0 Å². The Morgan fingerprint density at radius 2 is 1.80 bits per heavy atom. The van der Waals surface area contributed by atoms with E-state index in [1.807, 2.05) is 24.3 Å². The Hall–Kier alpha value is -3.55. The highest BCUT2D eigenvalue weighted by atomic mass is 16.5. The van der Waals surface area contributed by atoms with Crippen LogP contribution >= 0.6 is 0 Å². The molecule has 2 aliphatic rings. The Kier molecular flexibility index (Phi) is 6.49. The van der Waals surface area contributed by atoms with Crippen LogP contribution in [0.2, 0.25) is 0 Å². The van der Waals surface area contributed by atoms with Crippen LogP contribution in [-0.2, 0) is 9.59 Å². The fraction of sp³-hybridized carbons (Fsp3) is 0.444. The van der Waals surface area contributed by atoms with Gasteiger partial charge in [0.2, 0.25) is 5.91 Å². The third-order valence-corrected chi connectivity index (χ3v) is 6.81. The molecule has 4 rings (SSSR count). The Balaban J connectivity index is 1.49. The number of imide groups is 1. The third kappa shape index (κ3) is 4.97. The minimum Gasteiger partial charge on any atom is -0.497 e. The van der Waals surface area contributed by atoms with Gasteiger partial charge in [0.25, 0.3) is 5.91 Å². The number of anilines is 1. The minimum absolute atomic E-state index is 0.0696. The average molecular weight is 480 g/mol. The maximum absolute atomic E-state index is 13.3. The molecule has 0 aromatic heterocycles. The molecule has 0 bridgehead atoms. The van der Waals surface area contributed by atoms with Gasteiger partial charge in [0.1, 0.15) is 23.6 Å². The molecular formula is C27H33N3O5. The predicted molar refractivity (Wildman–Crippen MR) is 133 cm³/mol. The van der Waals surface area contributed by atoms with Crippen molar-refractivity contribution in [3.8, 4) is 22.6 Å². The van der Waals surface area contributed by atoms with E-state index < -0.39 is 17.5 Å². The maximum Gasteiger partial charge on any atom is 0.325 e. The number of rotatable bonds is 6. The lowest BCUT2D eigenvalue weighted by Crippen LogP contribution is -2.54. The Labute approximate surface area is 206 Å². The topological polar surface area (TPSA) is 97.0 Å². The normalized spacial score (nSPS) is 23.2. The van der Waals surface area contributed by atoms with Crippen LogP contribution < -0.4 is 20.1 Å². The molecule has 1 aliphatic heterocycles. The second-order valence-corrected chi connectivity index (χ2v) is 10.4. The molecule has 8 nitrogen and oxygen atoms in total. The molecule has 1 saturated heterocycles. The van der Waals surface area contributed by atoms with E-state index in [9.17, 15) is 14.4 Å². The van der Waals surface area contributed by atoms with Crippen molar-refractivity contribution in [1.82, 2.24) is 10.2 Å². The number of ether oxygens (including phenoxy) is 2. The zero-order chi connectivity index (χ0) is 25.4. The molecule has 1 saturated carbocycles. The molecule has 2 fully saturated rings. The van der Waals surface area contributed by atoms with Crippen LogP contribution in [0.1, 0.15) is 40.0 Å². The number of hydrogen-bond acceptors (Lipinski definition) is 5. The molecule has 8 heteroatoms. The first kappa shape index (κ1) is 24.6. The highest BCUT2D eigenvalue weighted by molar-refractivity contribution is 6.10. The molecule has 1 aliphatic carbocycles. The van der Waals surface area contributed by atoms with Crippen LogP contribution in [0.5, 0.6) is 11.5 Å². The largest absolute Gasteiger partial charge is 0.497 e. The summed E-state index contributed by atoms with van der Waals surface area (Å²) in [6.45, 7) is 5.99. The lowest BCUT2D eigenvalue weighted by atomic mass is 9.64. The van der Waals surface area contributed by atoms with Gasteiger partial charge in [0, 0.05) is 11.3 Å². The van der Waals surface area contributed by atoms with Crippen LogP contribution in [0.3, 0.4) is 0 Å². The molecule has 186 valence electrons. The van der Waals surface area contributed by atoms with Crippen LogP contribution in [0.25, 0.3) is 11.1 Å². The number of benzene rings is 2. The summed E-state index contributed by atoms with van der Waals surface area (Å²) in [5.74, 6) is 0.926. The van der Waals surface area contributed by atoms with Gasteiger partial charge in [-0.3, -0.25) is 14.5 Å². The highest BCUT2D eigenvalue weighted by Gasteiger charge is 2.56. The summed E-state index contributed by atoms with van der Waals surface area (Å²) >= 11 is 0. The SMILES string of the molecule is COc1ccc(-c2cc(NC(=O)CN3C(=O)N[C@@]4(C[C@H](C)CC(C)(C)C4)C3=O)ccc2OC)cc1. The fourth-order valence-corrected chi connectivity index (χ4v) is 5.78. The molecule has 35 heavy (non-hydrogen) atoms. The minimum atomic E-state index is -0.930. The highest BCUT2D eigenvalue weighted by Crippen LogP contribution is 2.46. The van der Waals surface area contributed by atoms with Gasteiger partial charge in [-0.25, -0.2) is 4.79 Å². The van der Waals surface area contributed by atoms with Gasteiger partial charge in [-0.2, -0.15) is 0 Å². The summed E-state index contributed by atoms with van der Waals surface area (Å²) in [5, 5.41) is 5.73. The van der Waals surface area contributed by atoms with Crippen molar-refractivity contribution >= 4 is 23.5 Å². The Morgan fingerprint density at radius 1 is 1.09 bits per heavy atom. The third-order valence-electron chi connectivity index (χ3n) is 6.81. The number of amides is 4. The number of nitrogens with one attached hydrogen (secondary N) is 2. The number of urea groups is 1. The number of methoxy groups -OCH3 is 2. The van der Waals surface area contributed by atoms with Crippen LogP contribution in [0.4, 0.5) is 10.5 Å². The molecular weight excluding hydrogens is 446 g/mol. The summed E-state index contributed by atoms with van der Waals surface area (Å²) in [7, 11) is 3.19. The first-order valence-corrected chi connectivity index (χ1v) is 11.8. The fourth-order valence-electron chi connectivity index (χ4n) is 5.78. The molecule has 2 N–H and O–H groups in total. The monoisotopic (exact) mass is 479 g/mol. The van der Waals surface area contributed by atoms with E-state index in [-0.39, 0.29) is 17.9 Å². The van der Waals surface area contributed by atoms with Gasteiger partial charge in [-0.05, 0) is 66.5 Å². The van der Waals surface area contributed by atoms with Crippen molar-refractivity contribution in [2.45, 2.75) is 45.6 Å². The quantitative estimate of drug-likeness (QED) is 0.597. The first-order chi connectivity index (χ1) is 16.6. The maximum atomic E-state index is 13.3. The van der Waals surface area contributed by atoms with Crippen molar-refractivity contribution in [1.29, 1.82) is 0 Å². The molecule has 2 aromatic carbocycles. The number of nitrogens with zero attached hydrogens (tertiary/aromatic N) is 1. The van der Waals surface area contributed by atoms with Gasteiger partial charge in [-0.1, -0.05) is 32.9 Å². The van der Waals surface area contributed by atoms with Crippen LogP contribution in [0, 0.1) is 11.3 Å². The molecule has 4 amide bonds. The van der Waals surface area contributed by atoms with Gasteiger partial charge in [0.15, 0.2) is 0 Å². The van der Waals surface area contributed by atoms with Gasteiger partial charge < -0.3 is 20.1 Å². The second kappa shape index (κ2) is 9.24. The van der Waals surface area contributed by atoms with E-state index in [0.717, 1.165) is 28.2 Å². The Morgan fingerprint density at radius 3 is 2.43 bits per heavy atom. The van der Waals surface area contributed by atoms with E-state index in [1.54, 1.807) is 32.4 Å². The molecule has 1 spiro atoms. The first-order valence-electron chi connectivity index (χ1n) is 11.8. The molecule has 0 unspecified atom stereocenters. The van der Waals surface area contributed by atoms with E-state index in [2.05, 4.69) is 31.4 Å². The lowest BCUT2D eigenvalue weighted by molar-refractivity contribution is -0.136. The van der Waals surface area contributed by atoms with Crippen molar-refractivity contribution in [3.63, 3.8) is 0 Å². The number of hydrogen-bond donors (Lipinski definition) is 2. The Bertz CT molecular complexity index is 1140. The molecule has 2 atom stereocenters. The summed E-state index contributed by atoms with van der Waals surface area (Å²) in [6, 6.07) is 12.3.